The summed E-state index contributed by atoms with van der Waals surface area (Å²) in [6, 6.07) is 8.12. The molecule has 1 aromatic carbocycles. The molecule has 1 N–H and O–H groups in total. The van der Waals surface area contributed by atoms with E-state index < -0.39 is 0 Å². The van der Waals surface area contributed by atoms with Gasteiger partial charge in [0, 0.05) is 6.04 Å². The first-order valence-electron chi connectivity index (χ1n) is 4.76. The Labute approximate surface area is 78.8 Å². The Morgan fingerprint density at radius 2 is 2.00 bits per heavy atom. The Morgan fingerprint density at radius 3 is 2.54 bits per heavy atom. The molecule has 2 heteroatoms. The van der Waals surface area contributed by atoms with Crippen molar-refractivity contribution in [3.63, 3.8) is 0 Å². The van der Waals surface area contributed by atoms with Crippen LogP contribution in [-0.4, -0.2) is 23.6 Å². The Bertz CT molecular complexity index is 281. The molecule has 1 aliphatic rings. The molecule has 0 saturated carbocycles. The third kappa shape index (κ3) is 1.68. The second kappa shape index (κ2) is 3.38. The molecule has 0 radical (unpaired) electrons. The lowest BCUT2D eigenvalue weighted by Gasteiger charge is -2.19. The Hall–Kier alpha value is -1.02. The number of likely N-dealkylation sites (tertiary alicyclic amines) is 1. The van der Waals surface area contributed by atoms with E-state index >= 15 is 0 Å². The zero-order valence-corrected chi connectivity index (χ0v) is 7.90. The molecule has 13 heavy (non-hydrogen) atoms. The molecule has 1 unspecified atom stereocenters. The maximum absolute atomic E-state index is 9.15. The van der Waals surface area contributed by atoms with E-state index in [2.05, 4.69) is 11.9 Å². The third-order valence-corrected chi connectivity index (χ3v) is 2.80. The number of phenolic OH excluding ortho intramolecular Hbond substituents is 1. The fraction of sp³-hybridized carbons (Fsp3) is 0.455. The Morgan fingerprint density at radius 1 is 1.31 bits per heavy atom. The summed E-state index contributed by atoms with van der Waals surface area (Å²) in [6.45, 7) is 1.19. The molecular formula is C11H15NO. The summed E-state index contributed by atoms with van der Waals surface area (Å²) in [6.07, 6.45) is 2.52. The Balaban J connectivity index is 2.20. The van der Waals surface area contributed by atoms with Crippen LogP contribution in [0.15, 0.2) is 24.3 Å². The van der Waals surface area contributed by atoms with Crippen LogP contribution in [0.1, 0.15) is 24.4 Å². The standard InChI is InChI=1S/C11H15NO/c1-12-8-2-3-11(12)9-4-6-10(13)7-5-9/h4-7,11,13H,2-3,8H2,1H3. The average Bonchev–Trinajstić information content (AvgIpc) is 2.53. The van der Waals surface area contributed by atoms with Gasteiger partial charge in [-0.05, 0) is 44.1 Å². The van der Waals surface area contributed by atoms with Gasteiger partial charge < -0.3 is 5.11 Å². The maximum atomic E-state index is 9.15. The molecule has 1 fully saturated rings. The van der Waals surface area contributed by atoms with Crippen molar-refractivity contribution in [1.82, 2.24) is 4.90 Å². The Kier molecular flexibility index (Phi) is 2.23. The van der Waals surface area contributed by atoms with Crippen LogP contribution in [0.3, 0.4) is 0 Å². The lowest BCUT2D eigenvalue weighted by Crippen LogP contribution is -2.17. The van der Waals surface area contributed by atoms with Crippen LogP contribution in [0.2, 0.25) is 0 Å². The molecule has 1 aliphatic heterocycles. The molecule has 1 atom stereocenters. The fourth-order valence-corrected chi connectivity index (χ4v) is 2.03. The predicted molar refractivity (Wildman–Crippen MR) is 52.7 cm³/mol. The van der Waals surface area contributed by atoms with E-state index in [0.29, 0.717) is 11.8 Å². The molecule has 2 nitrogen and oxygen atoms in total. The zero-order chi connectivity index (χ0) is 9.26. The summed E-state index contributed by atoms with van der Waals surface area (Å²) >= 11 is 0. The maximum Gasteiger partial charge on any atom is 0.115 e. The number of rotatable bonds is 1. The molecule has 70 valence electrons. The minimum Gasteiger partial charge on any atom is -0.508 e. The van der Waals surface area contributed by atoms with E-state index in [1.807, 2.05) is 12.1 Å². The summed E-state index contributed by atoms with van der Waals surface area (Å²) in [5.41, 5.74) is 1.32. The molecule has 0 amide bonds. The van der Waals surface area contributed by atoms with Gasteiger partial charge in [-0.15, -0.1) is 0 Å². The van der Waals surface area contributed by atoms with E-state index in [4.69, 9.17) is 5.11 Å². The van der Waals surface area contributed by atoms with Crippen molar-refractivity contribution < 1.29 is 5.11 Å². The number of benzene rings is 1. The highest BCUT2D eigenvalue weighted by molar-refractivity contribution is 5.28. The summed E-state index contributed by atoms with van der Waals surface area (Å²) in [7, 11) is 2.16. The van der Waals surface area contributed by atoms with Crippen LogP contribution in [0.4, 0.5) is 0 Å². The summed E-state index contributed by atoms with van der Waals surface area (Å²) in [5, 5.41) is 9.15. The summed E-state index contributed by atoms with van der Waals surface area (Å²) in [4.78, 5) is 2.37. The van der Waals surface area contributed by atoms with Gasteiger partial charge in [-0.3, -0.25) is 4.90 Å². The second-order valence-corrected chi connectivity index (χ2v) is 3.73. The molecule has 1 saturated heterocycles. The first-order chi connectivity index (χ1) is 6.27. The molecule has 2 rings (SSSR count). The van der Waals surface area contributed by atoms with Gasteiger partial charge in [0.2, 0.25) is 0 Å². The lowest BCUT2D eigenvalue weighted by molar-refractivity contribution is 0.317. The highest BCUT2D eigenvalue weighted by atomic mass is 16.3. The summed E-state index contributed by atoms with van der Waals surface area (Å²) in [5.74, 6) is 0.351. The highest BCUT2D eigenvalue weighted by Gasteiger charge is 2.21. The van der Waals surface area contributed by atoms with E-state index in [9.17, 15) is 0 Å². The zero-order valence-electron chi connectivity index (χ0n) is 7.90. The van der Waals surface area contributed by atoms with Crippen molar-refractivity contribution in [3.8, 4) is 5.75 Å². The minimum atomic E-state index is 0.351. The number of phenols is 1. The smallest absolute Gasteiger partial charge is 0.115 e. The quantitative estimate of drug-likeness (QED) is 0.710. The van der Waals surface area contributed by atoms with Crippen molar-refractivity contribution in [3.05, 3.63) is 29.8 Å². The highest BCUT2D eigenvalue weighted by Crippen LogP contribution is 2.30. The predicted octanol–water partition coefficient (Wildman–Crippen LogP) is 2.16. The van der Waals surface area contributed by atoms with Gasteiger partial charge in [0.1, 0.15) is 5.75 Å². The van der Waals surface area contributed by atoms with Gasteiger partial charge in [-0.1, -0.05) is 12.1 Å². The van der Waals surface area contributed by atoms with Gasteiger partial charge in [-0.2, -0.15) is 0 Å². The molecule has 0 aliphatic carbocycles. The van der Waals surface area contributed by atoms with Crippen LogP contribution in [0, 0.1) is 0 Å². The normalized spacial score (nSPS) is 23.6. The van der Waals surface area contributed by atoms with Crippen molar-refractivity contribution in [1.29, 1.82) is 0 Å². The number of hydrogen-bond donors (Lipinski definition) is 1. The third-order valence-electron chi connectivity index (χ3n) is 2.80. The first kappa shape index (κ1) is 8.57. The minimum absolute atomic E-state index is 0.351. The fourth-order valence-electron chi connectivity index (χ4n) is 2.03. The van der Waals surface area contributed by atoms with Crippen LogP contribution in [0.5, 0.6) is 5.75 Å². The van der Waals surface area contributed by atoms with E-state index in [1.165, 1.54) is 24.9 Å². The lowest BCUT2D eigenvalue weighted by atomic mass is 10.0. The van der Waals surface area contributed by atoms with E-state index in [0.717, 1.165) is 0 Å². The van der Waals surface area contributed by atoms with E-state index in [-0.39, 0.29) is 0 Å². The SMILES string of the molecule is CN1CCCC1c1ccc(O)cc1. The van der Waals surface area contributed by atoms with Gasteiger partial charge in [0.15, 0.2) is 0 Å². The molecule has 1 heterocycles. The second-order valence-electron chi connectivity index (χ2n) is 3.73. The van der Waals surface area contributed by atoms with Gasteiger partial charge in [0.25, 0.3) is 0 Å². The molecular weight excluding hydrogens is 162 g/mol. The van der Waals surface area contributed by atoms with Gasteiger partial charge in [0.05, 0.1) is 0 Å². The average molecular weight is 177 g/mol. The molecule has 0 bridgehead atoms. The van der Waals surface area contributed by atoms with Gasteiger partial charge >= 0.3 is 0 Å². The van der Waals surface area contributed by atoms with Crippen LogP contribution in [0.25, 0.3) is 0 Å². The molecule has 0 aromatic heterocycles. The van der Waals surface area contributed by atoms with Crippen molar-refractivity contribution in [2.75, 3.05) is 13.6 Å². The van der Waals surface area contributed by atoms with Crippen molar-refractivity contribution in [2.24, 2.45) is 0 Å². The van der Waals surface area contributed by atoms with Crippen molar-refractivity contribution in [2.45, 2.75) is 18.9 Å². The molecule has 0 spiro atoms. The molecule has 1 aromatic rings. The summed E-state index contributed by atoms with van der Waals surface area (Å²) < 4.78 is 0. The van der Waals surface area contributed by atoms with Crippen LogP contribution in [-0.2, 0) is 0 Å². The van der Waals surface area contributed by atoms with Crippen molar-refractivity contribution >= 4 is 0 Å². The van der Waals surface area contributed by atoms with Crippen LogP contribution < -0.4 is 0 Å². The first-order valence-corrected chi connectivity index (χ1v) is 4.76. The van der Waals surface area contributed by atoms with E-state index in [1.54, 1.807) is 12.1 Å². The number of hydrogen-bond acceptors (Lipinski definition) is 2. The largest absolute Gasteiger partial charge is 0.508 e. The van der Waals surface area contributed by atoms with Gasteiger partial charge in [-0.25, -0.2) is 0 Å². The monoisotopic (exact) mass is 177 g/mol. The van der Waals surface area contributed by atoms with Crippen LogP contribution >= 0.6 is 0 Å². The topological polar surface area (TPSA) is 23.5 Å². The number of nitrogens with zero attached hydrogens (tertiary/aromatic N) is 1. The number of aromatic hydroxyl groups is 1.